The predicted octanol–water partition coefficient (Wildman–Crippen LogP) is 7.50. The molecule has 0 unspecified atom stereocenters. The fourth-order valence-corrected chi connectivity index (χ4v) is 3.51. The molecule has 0 spiro atoms. The lowest BCUT2D eigenvalue weighted by molar-refractivity contribution is 0.281. The maximum Gasteiger partial charge on any atom is 0.166 e. The summed E-state index contributed by atoms with van der Waals surface area (Å²) in [5, 5.41) is 5.43. The zero-order chi connectivity index (χ0) is 20.1. The van der Waals surface area contributed by atoms with Crippen molar-refractivity contribution in [2.75, 3.05) is 12.4 Å². The second-order valence-electron chi connectivity index (χ2n) is 6.00. The number of nitrogens with one attached hydrogen (secondary N) is 1. The van der Waals surface area contributed by atoms with Crippen LogP contribution in [0.1, 0.15) is 11.1 Å². The molecule has 3 nitrogen and oxygen atoms in total. The maximum absolute atomic E-state index is 6.08. The molecule has 0 bridgehead atoms. The third kappa shape index (κ3) is 5.39. The van der Waals surface area contributed by atoms with Crippen LogP contribution in [-0.2, 0) is 13.2 Å². The van der Waals surface area contributed by atoms with Gasteiger partial charge >= 0.3 is 0 Å². The minimum atomic E-state index is 0.327. The standard InChI is InChI=1S/C21H17Cl4NO2/c1-27-20-4-2-3-14(11-26-17-9-15(22)8-16(23)10-17)21(20)28-12-13-5-6-18(24)19(25)7-13/h2-10,26H,11-12H2,1H3. The number of anilines is 1. The van der Waals surface area contributed by atoms with E-state index in [1.807, 2.05) is 36.4 Å². The maximum atomic E-state index is 6.08. The number of hydrogen-bond acceptors (Lipinski definition) is 3. The zero-order valence-corrected chi connectivity index (χ0v) is 18.0. The Bertz CT molecular complexity index is 958. The van der Waals surface area contributed by atoms with Crippen molar-refractivity contribution in [1.82, 2.24) is 0 Å². The summed E-state index contributed by atoms with van der Waals surface area (Å²) in [7, 11) is 1.61. The lowest BCUT2D eigenvalue weighted by atomic mass is 10.1. The zero-order valence-electron chi connectivity index (χ0n) is 14.9. The molecule has 0 aliphatic heterocycles. The molecule has 0 atom stereocenters. The second kappa shape index (κ2) is 9.62. The largest absolute Gasteiger partial charge is 0.493 e. The molecule has 7 heteroatoms. The smallest absolute Gasteiger partial charge is 0.166 e. The van der Waals surface area contributed by atoms with E-state index >= 15 is 0 Å². The van der Waals surface area contributed by atoms with Gasteiger partial charge in [0.1, 0.15) is 6.61 Å². The molecule has 0 radical (unpaired) electrons. The number of ether oxygens (including phenoxy) is 2. The summed E-state index contributed by atoms with van der Waals surface area (Å²) in [6.45, 7) is 0.831. The predicted molar refractivity (Wildman–Crippen MR) is 118 cm³/mol. The third-order valence-electron chi connectivity index (χ3n) is 3.99. The molecule has 0 saturated heterocycles. The van der Waals surface area contributed by atoms with E-state index in [1.165, 1.54) is 0 Å². The molecule has 0 aliphatic carbocycles. The Morgan fingerprint density at radius 3 is 2.29 bits per heavy atom. The summed E-state index contributed by atoms with van der Waals surface area (Å²) in [6.07, 6.45) is 0. The van der Waals surface area contributed by atoms with Gasteiger partial charge in [0.05, 0.1) is 17.2 Å². The van der Waals surface area contributed by atoms with Crippen LogP contribution in [0.5, 0.6) is 11.5 Å². The van der Waals surface area contributed by atoms with Gasteiger partial charge in [-0.2, -0.15) is 0 Å². The van der Waals surface area contributed by atoms with Crippen molar-refractivity contribution in [2.45, 2.75) is 13.2 Å². The molecule has 146 valence electrons. The fourth-order valence-electron chi connectivity index (χ4n) is 2.66. The number of benzene rings is 3. The van der Waals surface area contributed by atoms with Crippen LogP contribution in [0, 0.1) is 0 Å². The second-order valence-corrected chi connectivity index (χ2v) is 7.68. The fraction of sp³-hybridized carbons (Fsp3) is 0.143. The first-order chi connectivity index (χ1) is 13.5. The normalized spacial score (nSPS) is 10.6. The molecule has 3 aromatic carbocycles. The van der Waals surface area contributed by atoms with Gasteiger partial charge in [-0.3, -0.25) is 0 Å². The number of rotatable bonds is 7. The van der Waals surface area contributed by atoms with Crippen LogP contribution in [0.2, 0.25) is 20.1 Å². The van der Waals surface area contributed by atoms with Gasteiger partial charge in [-0.15, -0.1) is 0 Å². The molecule has 0 saturated carbocycles. The van der Waals surface area contributed by atoms with Crippen LogP contribution in [-0.4, -0.2) is 7.11 Å². The van der Waals surface area contributed by atoms with Crippen LogP contribution in [0.25, 0.3) is 0 Å². The van der Waals surface area contributed by atoms with E-state index in [0.717, 1.165) is 16.8 Å². The molecular weight excluding hydrogens is 440 g/mol. The highest BCUT2D eigenvalue weighted by molar-refractivity contribution is 6.42. The highest BCUT2D eigenvalue weighted by Crippen LogP contribution is 2.33. The van der Waals surface area contributed by atoms with Gasteiger partial charge < -0.3 is 14.8 Å². The highest BCUT2D eigenvalue weighted by atomic mass is 35.5. The van der Waals surface area contributed by atoms with E-state index in [1.54, 1.807) is 25.3 Å². The van der Waals surface area contributed by atoms with E-state index in [0.29, 0.717) is 44.7 Å². The number of hydrogen-bond donors (Lipinski definition) is 1. The van der Waals surface area contributed by atoms with Gasteiger partial charge in [0.15, 0.2) is 11.5 Å². The summed E-state index contributed by atoms with van der Waals surface area (Å²) < 4.78 is 11.5. The Kier molecular flexibility index (Phi) is 7.19. The Balaban J connectivity index is 1.78. The Labute approximate surface area is 184 Å². The lowest BCUT2D eigenvalue weighted by Gasteiger charge is -2.16. The van der Waals surface area contributed by atoms with Gasteiger partial charge in [0.25, 0.3) is 0 Å². The van der Waals surface area contributed by atoms with Gasteiger partial charge in [-0.25, -0.2) is 0 Å². The average Bonchev–Trinajstić information content (AvgIpc) is 2.66. The Morgan fingerprint density at radius 2 is 1.61 bits per heavy atom. The minimum Gasteiger partial charge on any atom is -0.493 e. The molecule has 0 amide bonds. The average molecular weight is 457 g/mol. The van der Waals surface area contributed by atoms with E-state index in [4.69, 9.17) is 55.9 Å². The monoisotopic (exact) mass is 455 g/mol. The number of halogens is 4. The van der Waals surface area contributed by atoms with E-state index < -0.39 is 0 Å². The Hall–Kier alpha value is -1.78. The van der Waals surface area contributed by atoms with E-state index in [-0.39, 0.29) is 0 Å². The van der Waals surface area contributed by atoms with Crippen LogP contribution >= 0.6 is 46.4 Å². The highest BCUT2D eigenvalue weighted by Gasteiger charge is 2.12. The van der Waals surface area contributed by atoms with Crippen LogP contribution in [0.15, 0.2) is 54.6 Å². The van der Waals surface area contributed by atoms with Crippen molar-refractivity contribution in [3.05, 3.63) is 85.8 Å². The quantitative estimate of drug-likeness (QED) is 0.399. The van der Waals surface area contributed by atoms with Crippen molar-refractivity contribution >= 4 is 52.1 Å². The van der Waals surface area contributed by atoms with Crippen molar-refractivity contribution in [2.24, 2.45) is 0 Å². The van der Waals surface area contributed by atoms with Gasteiger partial charge in [0.2, 0.25) is 0 Å². The van der Waals surface area contributed by atoms with Crippen LogP contribution in [0.4, 0.5) is 5.69 Å². The SMILES string of the molecule is COc1cccc(CNc2cc(Cl)cc(Cl)c2)c1OCc1ccc(Cl)c(Cl)c1. The molecule has 1 N–H and O–H groups in total. The van der Waals surface area contributed by atoms with Crippen molar-refractivity contribution in [1.29, 1.82) is 0 Å². The van der Waals surface area contributed by atoms with E-state index in [2.05, 4.69) is 5.32 Å². The summed E-state index contributed by atoms with van der Waals surface area (Å²) in [4.78, 5) is 0. The summed E-state index contributed by atoms with van der Waals surface area (Å²) in [5.41, 5.74) is 2.65. The summed E-state index contributed by atoms with van der Waals surface area (Å²) >= 11 is 24.2. The minimum absolute atomic E-state index is 0.327. The van der Waals surface area contributed by atoms with Crippen molar-refractivity contribution < 1.29 is 9.47 Å². The van der Waals surface area contributed by atoms with Gasteiger partial charge in [-0.1, -0.05) is 64.6 Å². The topological polar surface area (TPSA) is 30.5 Å². The molecule has 28 heavy (non-hydrogen) atoms. The molecule has 3 rings (SSSR count). The first kappa shape index (κ1) is 20.9. The summed E-state index contributed by atoms with van der Waals surface area (Å²) in [5.74, 6) is 1.29. The summed E-state index contributed by atoms with van der Waals surface area (Å²) in [6, 6.07) is 16.4. The number of methoxy groups -OCH3 is 1. The van der Waals surface area contributed by atoms with Crippen LogP contribution in [0.3, 0.4) is 0 Å². The first-order valence-corrected chi connectivity index (χ1v) is 9.90. The lowest BCUT2D eigenvalue weighted by Crippen LogP contribution is -2.05. The third-order valence-corrected chi connectivity index (χ3v) is 5.17. The molecule has 3 aromatic rings. The molecular formula is C21H17Cl4NO2. The molecule has 0 fully saturated rings. The van der Waals surface area contributed by atoms with Crippen molar-refractivity contribution in [3.8, 4) is 11.5 Å². The molecule has 0 aliphatic rings. The van der Waals surface area contributed by atoms with Gasteiger partial charge in [0, 0.05) is 27.8 Å². The Morgan fingerprint density at radius 1 is 0.857 bits per heavy atom. The van der Waals surface area contributed by atoms with Crippen molar-refractivity contribution in [3.63, 3.8) is 0 Å². The van der Waals surface area contributed by atoms with Crippen LogP contribution < -0.4 is 14.8 Å². The van der Waals surface area contributed by atoms with Gasteiger partial charge in [-0.05, 0) is 42.0 Å². The first-order valence-electron chi connectivity index (χ1n) is 8.39. The number of para-hydroxylation sites is 1. The molecule has 0 aromatic heterocycles. The molecule has 0 heterocycles. The van der Waals surface area contributed by atoms with E-state index in [9.17, 15) is 0 Å².